The van der Waals surface area contributed by atoms with E-state index in [9.17, 15) is 19.5 Å². The van der Waals surface area contributed by atoms with Crippen molar-refractivity contribution >= 4 is 40.9 Å². The Balaban J connectivity index is 1.22. The van der Waals surface area contributed by atoms with Gasteiger partial charge in [0.05, 0.1) is 54.6 Å². The largest absolute Gasteiger partial charge is 0.495 e. The Morgan fingerprint density at radius 1 is 0.976 bits per heavy atom. The summed E-state index contributed by atoms with van der Waals surface area (Å²) in [6.45, 7) is 0.494. The van der Waals surface area contributed by atoms with E-state index in [1.54, 1.807) is 36.4 Å². The van der Waals surface area contributed by atoms with E-state index in [1.165, 1.54) is 13.5 Å². The highest BCUT2D eigenvalue weighted by molar-refractivity contribution is 6.33. The minimum absolute atomic E-state index is 0.0270. The summed E-state index contributed by atoms with van der Waals surface area (Å²) < 4.78 is 11.9. The van der Waals surface area contributed by atoms with E-state index < -0.39 is 12.0 Å². The highest BCUT2D eigenvalue weighted by Gasteiger charge is 2.44. The number of amides is 3. The van der Waals surface area contributed by atoms with Gasteiger partial charge in [0.15, 0.2) is 0 Å². The van der Waals surface area contributed by atoms with Gasteiger partial charge in [-0.05, 0) is 80.7 Å². The van der Waals surface area contributed by atoms with E-state index in [1.807, 2.05) is 6.07 Å². The summed E-state index contributed by atoms with van der Waals surface area (Å²) in [6, 6.07) is 12.2. The number of nitrogens with zero attached hydrogens (tertiary/aromatic N) is 1. The fourth-order valence-electron chi connectivity index (χ4n) is 6.88. The molecular weight excluding hydrogens is 558 g/mol. The molecule has 2 aliphatic carbocycles. The fraction of sp³-hybridized carbons (Fsp3) is 0.531. The second kappa shape index (κ2) is 13.8. The molecule has 2 aromatic carbocycles. The predicted octanol–water partition coefficient (Wildman–Crippen LogP) is 6.35. The smallest absolute Gasteiger partial charge is 0.323 e. The lowest BCUT2D eigenvalue weighted by Crippen LogP contribution is -2.46. The van der Waals surface area contributed by atoms with Crippen LogP contribution >= 0.6 is 11.6 Å². The lowest BCUT2D eigenvalue weighted by atomic mass is 9.84. The third-order valence-electron chi connectivity index (χ3n) is 9.02. The molecule has 0 bridgehead atoms. The molecule has 0 aromatic heterocycles. The SMILES string of the molecule is COc1cc(CC(=O)N2C3CCCCC3C[C@H]2COC2CCC(C(=O)O)CC2)ccc1NC(=O)Nc1ccccc1Cl. The number of hydrogen-bond donors (Lipinski definition) is 3. The minimum atomic E-state index is -0.717. The third kappa shape index (κ3) is 7.18. The molecule has 2 saturated carbocycles. The molecule has 2 unspecified atom stereocenters. The normalized spacial score (nSPS) is 25.4. The number of ether oxygens (including phenoxy) is 2. The van der Waals surface area contributed by atoms with Gasteiger partial charge in [0.2, 0.25) is 5.91 Å². The molecular formula is C32H40ClN3O6. The number of carbonyl (C=O) groups excluding carboxylic acids is 2. The number of hydrogen-bond acceptors (Lipinski definition) is 5. The number of para-hydroxylation sites is 1. The molecule has 3 N–H and O–H groups in total. The number of carboxylic acid groups (broad SMARTS) is 1. The minimum Gasteiger partial charge on any atom is -0.495 e. The van der Waals surface area contributed by atoms with Gasteiger partial charge < -0.3 is 30.1 Å². The second-order valence-electron chi connectivity index (χ2n) is 11.7. The van der Waals surface area contributed by atoms with Crippen molar-refractivity contribution in [2.45, 2.75) is 82.4 Å². The summed E-state index contributed by atoms with van der Waals surface area (Å²) in [5.74, 6) is 0.0468. The lowest BCUT2D eigenvalue weighted by Gasteiger charge is -2.35. The van der Waals surface area contributed by atoms with E-state index in [4.69, 9.17) is 21.1 Å². The number of benzene rings is 2. The Bertz CT molecular complexity index is 1280. The summed E-state index contributed by atoms with van der Waals surface area (Å²) in [6.07, 6.45) is 8.51. The van der Waals surface area contributed by atoms with E-state index in [0.717, 1.165) is 44.1 Å². The standard InChI is InChI=1S/C32H40ClN3O6/c1-41-29-16-20(10-15-27(29)35-32(40)34-26-8-4-3-7-25(26)33)17-30(37)36-23(18-22-6-2-5-9-28(22)36)19-42-24-13-11-21(12-14-24)31(38)39/h3-4,7-8,10,15-16,21-24,28H,2,5-6,9,11-14,17-19H2,1H3,(H,38,39)(H2,34,35,40)/t21?,22?,23-,24?,28?/m0/s1. The van der Waals surface area contributed by atoms with Gasteiger partial charge >= 0.3 is 12.0 Å². The van der Waals surface area contributed by atoms with Gasteiger partial charge in [0, 0.05) is 6.04 Å². The van der Waals surface area contributed by atoms with Crippen molar-refractivity contribution in [3.05, 3.63) is 53.1 Å². The van der Waals surface area contributed by atoms with Crippen LogP contribution in [-0.2, 0) is 20.7 Å². The van der Waals surface area contributed by atoms with Crippen LogP contribution in [0.15, 0.2) is 42.5 Å². The molecule has 0 spiro atoms. The van der Waals surface area contributed by atoms with Crippen LogP contribution in [0.25, 0.3) is 0 Å². The molecule has 1 heterocycles. The summed E-state index contributed by atoms with van der Waals surface area (Å²) in [5.41, 5.74) is 1.78. The van der Waals surface area contributed by atoms with Gasteiger partial charge in [-0.1, -0.05) is 42.6 Å². The van der Waals surface area contributed by atoms with Crippen molar-refractivity contribution in [3.63, 3.8) is 0 Å². The molecule has 3 aliphatic rings. The molecule has 1 saturated heterocycles. The Kier molecular flexibility index (Phi) is 9.90. The number of methoxy groups -OCH3 is 1. The highest BCUT2D eigenvalue weighted by atomic mass is 35.5. The fourth-order valence-corrected chi connectivity index (χ4v) is 7.06. The van der Waals surface area contributed by atoms with Crippen molar-refractivity contribution in [2.75, 3.05) is 24.4 Å². The molecule has 3 atom stereocenters. The molecule has 226 valence electrons. The van der Waals surface area contributed by atoms with E-state index in [2.05, 4.69) is 15.5 Å². The number of aliphatic carboxylic acids is 1. The maximum absolute atomic E-state index is 13.8. The lowest BCUT2D eigenvalue weighted by molar-refractivity contribution is -0.144. The molecule has 0 radical (unpaired) electrons. The zero-order chi connectivity index (χ0) is 29.6. The topological polar surface area (TPSA) is 117 Å². The van der Waals surface area contributed by atoms with E-state index in [0.29, 0.717) is 47.5 Å². The number of carbonyl (C=O) groups is 3. The van der Waals surface area contributed by atoms with Crippen molar-refractivity contribution in [2.24, 2.45) is 11.8 Å². The first-order chi connectivity index (χ1) is 20.3. The van der Waals surface area contributed by atoms with Crippen LogP contribution in [-0.4, -0.2) is 59.8 Å². The maximum Gasteiger partial charge on any atom is 0.323 e. The van der Waals surface area contributed by atoms with Gasteiger partial charge in [0.1, 0.15) is 5.75 Å². The molecule has 2 aromatic rings. The van der Waals surface area contributed by atoms with Gasteiger partial charge in [-0.15, -0.1) is 0 Å². The third-order valence-corrected chi connectivity index (χ3v) is 9.35. The summed E-state index contributed by atoms with van der Waals surface area (Å²) >= 11 is 6.15. The van der Waals surface area contributed by atoms with Crippen molar-refractivity contribution in [1.29, 1.82) is 0 Å². The molecule has 9 nitrogen and oxygen atoms in total. The Hall–Kier alpha value is -3.30. The van der Waals surface area contributed by atoms with Crippen molar-refractivity contribution in [3.8, 4) is 5.75 Å². The van der Waals surface area contributed by atoms with Crippen LogP contribution in [0.3, 0.4) is 0 Å². The van der Waals surface area contributed by atoms with Crippen LogP contribution in [0.5, 0.6) is 5.75 Å². The van der Waals surface area contributed by atoms with E-state index >= 15 is 0 Å². The monoisotopic (exact) mass is 597 g/mol. The van der Waals surface area contributed by atoms with Crippen LogP contribution in [0.4, 0.5) is 16.2 Å². The second-order valence-corrected chi connectivity index (χ2v) is 12.1. The Morgan fingerprint density at radius 2 is 1.71 bits per heavy atom. The number of carboxylic acids is 1. The Morgan fingerprint density at radius 3 is 2.45 bits per heavy atom. The Labute approximate surface area is 251 Å². The van der Waals surface area contributed by atoms with Crippen molar-refractivity contribution in [1.82, 2.24) is 4.90 Å². The predicted molar refractivity (Wildman–Crippen MR) is 161 cm³/mol. The number of fused-ring (bicyclic) bond motifs is 1. The quantitative estimate of drug-likeness (QED) is 0.310. The number of urea groups is 1. The van der Waals surface area contributed by atoms with E-state index in [-0.39, 0.29) is 36.4 Å². The van der Waals surface area contributed by atoms with Crippen LogP contribution < -0.4 is 15.4 Å². The molecule has 10 heteroatoms. The number of nitrogens with one attached hydrogen (secondary N) is 2. The van der Waals surface area contributed by atoms with Gasteiger partial charge in [-0.3, -0.25) is 9.59 Å². The summed E-state index contributed by atoms with van der Waals surface area (Å²) in [5, 5.41) is 15.3. The summed E-state index contributed by atoms with van der Waals surface area (Å²) in [7, 11) is 1.53. The van der Waals surface area contributed by atoms with Gasteiger partial charge in [-0.25, -0.2) is 4.79 Å². The number of anilines is 2. The highest BCUT2D eigenvalue weighted by Crippen LogP contribution is 2.41. The maximum atomic E-state index is 13.8. The summed E-state index contributed by atoms with van der Waals surface area (Å²) in [4.78, 5) is 39.8. The molecule has 1 aliphatic heterocycles. The average molecular weight is 598 g/mol. The van der Waals surface area contributed by atoms with Crippen LogP contribution in [0.1, 0.15) is 63.4 Å². The number of halogens is 1. The van der Waals surface area contributed by atoms with Gasteiger partial charge in [-0.2, -0.15) is 0 Å². The van der Waals surface area contributed by atoms with Crippen LogP contribution in [0.2, 0.25) is 5.02 Å². The molecule has 3 fully saturated rings. The molecule has 5 rings (SSSR count). The molecule has 42 heavy (non-hydrogen) atoms. The average Bonchev–Trinajstić information content (AvgIpc) is 3.37. The number of likely N-dealkylation sites (tertiary alicyclic amines) is 1. The van der Waals surface area contributed by atoms with Gasteiger partial charge in [0.25, 0.3) is 0 Å². The first kappa shape index (κ1) is 30.2. The zero-order valence-corrected chi connectivity index (χ0v) is 24.8. The zero-order valence-electron chi connectivity index (χ0n) is 24.0. The first-order valence-corrected chi connectivity index (χ1v) is 15.3. The first-order valence-electron chi connectivity index (χ1n) is 15.0. The number of rotatable bonds is 9. The van der Waals surface area contributed by atoms with Crippen LogP contribution in [0, 0.1) is 11.8 Å². The van der Waals surface area contributed by atoms with Crippen molar-refractivity contribution < 1.29 is 29.0 Å². The molecule has 3 amide bonds.